The van der Waals surface area contributed by atoms with Crippen LogP contribution in [-0.4, -0.2) is 12.6 Å². The van der Waals surface area contributed by atoms with E-state index in [9.17, 15) is 0 Å². The van der Waals surface area contributed by atoms with Crippen molar-refractivity contribution in [3.05, 3.63) is 0 Å². The van der Waals surface area contributed by atoms with Crippen molar-refractivity contribution in [3.63, 3.8) is 0 Å². The molecule has 4 heavy (non-hydrogen) atoms. The fraction of sp³-hybridized carbons (Fsp3) is 0. The van der Waals surface area contributed by atoms with E-state index in [1.807, 2.05) is 0 Å². The summed E-state index contributed by atoms with van der Waals surface area (Å²) >= 11 is 0. The van der Waals surface area contributed by atoms with E-state index in [-0.39, 0.29) is 0 Å². The molecule has 0 aliphatic rings. The molecule has 0 spiro atoms. The highest BCUT2D eigenvalue weighted by Crippen LogP contribution is 2.07. The highest BCUT2D eigenvalue weighted by Gasteiger charge is 1.31. The Hall–Kier alpha value is 0.340. The molecule has 0 aliphatic heterocycles. The Morgan fingerprint density at radius 3 is 1.25 bits per heavy atom. The van der Waals surface area contributed by atoms with Crippen molar-refractivity contribution >= 4 is 28.4 Å². The van der Waals surface area contributed by atoms with Gasteiger partial charge in [0, 0.05) is 0 Å². The summed E-state index contributed by atoms with van der Waals surface area (Å²) in [5.41, 5.74) is 0. The zero-order valence-electron chi connectivity index (χ0n) is 2.31. The molecule has 0 nitrogen and oxygen atoms in total. The predicted molar refractivity (Wildman–Crippen MR) is 28.1 cm³/mol. The Morgan fingerprint density at radius 2 is 1.25 bits per heavy atom. The van der Waals surface area contributed by atoms with Gasteiger partial charge in [-0.05, 0) is 0 Å². The molecule has 0 aliphatic carbocycles. The molecule has 0 unspecified atom stereocenters. The third kappa shape index (κ3) is 2.34. The van der Waals surface area contributed by atoms with Crippen LogP contribution in [0.1, 0.15) is 0 Å². The molecule has 0 rings (SSSR count). The first-order valence-corrected chi connectivity index (χ1v) is 3.70. The average Bonchev–Trinajstić information content (AvgIpc) is 1.37. The molecule has 22 valence electrons. The Balaban J connectivity index is 2.73. The summed E-state index contributed by atoms with van der Waals surface area (Å²) in [5, 5.41) is 0. The molecule has 0 aromatic rings. The van der Waals surface area contributed by atoms with Crippen molar-refractivity contribution in [2.75, 3.05) is 0 Å². The van der Waals surface area contributed by atoms with Gasteiger partial charge < -0.3 is 0 Å². The standard InChI is InChI=1S/C2H4P2/c1-3-4-2/h1-2H2. The van der Waals surface area contributed by atoms with E-state index < -0.39 is 0 Å². The molecule has 0 atom stereocenters. The minimum absolute atomic E-state index is 1.11. The zero-order chi connectivity index (χ0) is 3.41. The lowest BCUT2D eigenvalue weighted by Crippen LogP contribution is -0.919. The SMILES string of the molecule is C=PP=C. The van der Waals surface area contributed by atoms with Crippen LogP contribution in [-0.2, 0) is 0 Å². The quantitative estimate of drug-likeness (QED) is 0.429. The van der Waals surface area contributed by atoms with E-state index in [0.29, 0.717) is 0 Å². The van der Waals surface area contributed by atoms with Gasteiger partial charge in [-0.15, -0.1) is 0 Å². The summed E-state index contributed by atoms with van der Waals surface area (Å²) in [6.07, 6.45) is 7.00. The van der Waals surface area contributed by atoms with E-state index in [2.05, 4.69) is 12.6 Å². The van der Waals surface area contributed by atoms with Gasteiger partial charge in [0.15, 0.2) is 0 Å². The summed E-state index contributed by atoms with van der Waals surface area (Å²) in [4.78, 5) is 0. The number of hydrogen-bond donors (Lipinski definition) is 0. The summed E-state index contributed by atoms with van der Waals surface area (Å²) in [6, 6.07) is 0. The van der Waals surface area contributed by atoms with Gasteiger partial charge in [-0.1, -0.05) is 28.4 Å². The first-order valence-electron chi connectivity index (χ1n) is 0.832. The third-order valence-electron chi connectivity index (χ3n) is 0.1000. The highest BCUT2D eigenvalue weighted by atomic mass is 32.0. The molecule has 0 radical (unpaired) electrons. The summed E-state index contributed by atoms with van der Waals surface area (Å²) in [6.45, 7) is 0. The van der Waals surface area contributed by atoms with Gasteiger partial charge in [-0.3, -0.25) is 0 Å². The summed E-state index contributed by atoms with van der Waals surface area (Å²) in [7, 11) is 2.22. The van der Waals surface area contributed by atoms with Crippen LogP contribution in [0.25, 0.3) is 0 Å². The molecule has 0 heterocycles. The molecule has 0 saturated carbocycles. The minimum atomic E-state index is 1.11. The maximum Gasteiger partial charge on any atom is -0.0520 e. The van der Waals surface area contributed by atoms with Crippen molar-refractivity contribution in [3.8, 4) is 0 Å². The molecule has 0 saturated heterocycles. The van der Waals surface area contributed by atoms with Gasteiger partial charge in [0.1, 0.15) is 0 Å². The van der Waals surface area contributed by atoms with Gasteiger partial charge in [-0.2, -0.15) is 0 Å². The number of hydrogen-bond acceptors (Lipinski definition) is 0. The average molecular weight is 90.0 g/mol. The highest BCUT2D eigenvalue weighted by molar-refractivity contribution is 8.08. The van der Waals surface area contributed by atoms with E-state index in [0.717, 1.165) is 15.8 Å². The monoisotopic (exact) mass is 90.0 g/mol. The van der Waals surface area contributed by atoms with Crippen LogP contribution in [0.15, 0.2) is 0 Å². The Labute approximate surface area is 29.3 Å². The summed E-state index contributed by atoms with van der Waals surface area (Å²) < 4.78 is 0. The van der Waals surface area contributed by atoms with Gasteiger partial charge in [0.2, 0.25) is 0 Å². The van der Waals surface area contributed by atoms with Crippen LogP contribution in [0.4, 0.5) is 0 Å². The maximum atomic E-state index is 3.50. The second-order valence-electron chi connectivity index (χ2n) is 0.283. The summed E-state index contributed by atoms with van der Waals surface area (Å²) in [5.74, 6) is 0. The van der Waals surface area contributed by atoms with Gasteiger partial charge in [0.05, 0.1) is 0 Å². The fourth-order valence-corrected chi connectivity index (χ4v) is 0. The fourth-order valence-electron chi connectivity index (χ4n) is 0. The Kier molecular flexibility index (Phi) is 3.62. The molecule has 0 fully saturated rings. The van der Waals surface area contributed by atoms with Gasteiger partial charge >= 0.3 is 0 Å². The number of rotatable bonds is 1. The Bertz CT molecular complexity index is 25.0. The van der Waals surface area contributed by atoms with Gasteiger partial charge in [-0.25, -0.2) is 0 Å². The lowest BCUT2D eigenvalue weighted by atomic mass is 12.0. The third-order valence-corrected chi connectivity index (χ3v) is 0.900. The van der Waals surface area contributed by atoms with Crippen LogP contribution in [0, 0.1) is 0 Å². The second-order valence-corrected chi connectivity index (χ2v) is 2.55. The van der Waals surface area contributed by atoms with Crippen molar-refractivity contribution in [1.29, 1.82) is 0 Å². The normalized spacial score (nSPS) is 9.00. The van der Waals surface area contributed by atoms with E-state index >= 15 is 0 Å². The van der Waals surface area contributed by atoms with Crippen molar-refractivity contribution in [1.82, 2.24) is 0 Å². The first-order chi connectivity index (χ1) is 1.91. The van der Waals surface area contributed by atoms with E-state index in [1.54, 1.807) is 0 Å². The molecule has 0 aromatic heterocycles. The van der Waals surface area contributed by atoms with Crippen LogP contribution in [0.3, 0.4) is 0 Å². The predicted octanol–water partition coefficient (Wildman–Crippen LogP) is 1.66. The van der Waals surface area contributed by atoms with Crippen molar-refractivity contribution in [2.45, 2.75) is 0 Å². The lowest BCUT2D eigenvalue weighted by Gasteiger charge is -1.42. The largest absolute Gasteiger partial charge is 0.0667 e. The van der Waals surface area contributed by atoms with Crippen LogP contribution in [0.5, 0.6) is 0 Å². The van der Waals surface area contributed by atoms with Crippen LogP contribution in [0.2, 0.25) is 0 Å². The Morgan fingerprint density at radius 1 is 1.00 bits per heavy atom. The molecular weight excluding hydrogens is 86.0 g/mol. The zero-order valence-corrected chi connectivity index (χ0v) is 4.10. The van der Waals surface area contributed by atoms with Crippen LogP contribution < -0.4 is 0 Å². The van der Waals surface area contributed by atoms with Gasteiger partial charge in [0.25, 0.3) is 0 Å². The molecular formula is C2H4P2. The van der Waals surface area contributed by atoms with E-state index in [4.69, 9.17) is 0 Å². The van der Waals surface area contributed by atoms with E-state index in [1.165, 1.54) is 0 Å². The van der Waals surface area contributed by atoms with Crippen LogP contribution >= 0.6 is 15.8 Å². The maximum absolute atomic E-state index is 3.50. The first kappa shape index (κ1) is 4.34. The van der Waals surface area contributed by atoms with Crippen molar-refractivity contribution in [2.24, 2.45) is 0 Å². The molecule has 0 bridgehead atoms. The van der Waals surface area contributed by atoms with Crippen molar-refractivity contribution < 1.29 is 0 Å². The lowest BCUT2D eigenvalue weighted by molar-refractivity contribution is 4.62. The minimum Gasteiger partial charge on any atom is -0.0667 e. The smallest absolute Gasteiger partial charge is 0.0520 e. The molecule has 2 heteroatoms. The molecule has 0 N–H and O–H groups in total. The second kappa shape index (κ2) is 3.34. The topological polar surface area (TPSA) is 0 Å². The molecule has 0 amide bonds. The molecule has 0 aromatic carbocycles.